The van der Waals surface area contributed by atoms with Crippen LogP contribution in [0.15, 0.2) is 29.2 Å². The normalized spacial score (nSPS) is 15.8. The third-order valence-corrected chi connectivity index (χ3v) is 4.37. The SMILES string of the molecule is COC(=O)CCN1CCN(c2cccc(SC(F)(F)F)c2)CC1.Cl. The average molecular weight is 385 g/mol. The molecule has 4 nitrogen and oxygen atoms in total. The van der Waals surface area contributed by atoms with E-state index in [1.54, 1.807) is 12.1 Å². The Balaban J connectivity index is 0.00000288. The van der Waals surface area contributed by atoms with E-state index in [2.05, 4.69) is 14.5 Å². The van der Waals surface area contributed by atoms with E-state index in [-0.39, 0.29) is 35.0 Å². The number of alkyl halides is 3. The highest BCUT2D eigenvalue weighted by Crippen LogP contribution is 2.38. The molecule has 1 saturated heterocycles. The van der Waals surface area contributed by atoms with E-state index >= 15 is 0 Å². The van der Waals surface area contributed by atoms with Crippen molar-refractivity contribution in [3.63, 3.8) is 0 Å². The molecule has 1 fully saturated rings. The van der Waals surface area contributed by atoms with Gasteiger partial charge in [-0.05, 0) is 30.0 Å². The topological polar surface area (TPSA) is 32.8 Å². The molecule has 24 heavy (non-hydrogen) atoms. The van der Waals surface area contributed by atoms with Gasteiger partial charge in [-0.25, -0.2) is 0 Å². The zero-order valence-corrected chi connectivity index (χ0v) is 14.8. The lowest BCUT2D eigenvalue weighted by molar-refractivity contribution is -0.141. The number of benzene rings is 1. The summed E-state index contributed by atoms with van der Waals surface area (Å²) in [4.78, 5) is 15.6. The lowest BCUT2D eigenvalue weighted by Gasteiger charge is -2.36. The van der Waals surface area contributed by atoms with Crippen LogP contribution in [0.5, 0.6) is 0 Å². The maximum Gasteiger partial charge on any atom is 0.446 e. The molecule has 0 aliphatic carbocycles. The van der Waals surface area contributed by atoms with E-state index in [4.69, 9.17) is 0 Å². The van der Waals surface area contributed by atoms with Crippen molar-refractivity contribution in [3.05, 3.63) is 24.3 Å². The van der Waals surface area contributed by atoms with Crippen LogP contribution in [0, 0.1) is 0 Å². The van der Waals surface area contributed by atoms with Gasteiger partial charge in [-0.15, -0.1) is 12.4 Å². The third-order valence-electron chi connectivity index (χ3n) is 3.65. The molecule has 0 atom stereocenters. The van der Waals surface area contributed by atoms with Crippen LogP contribution in [-0.2, 0) is 9.53 Å². The van der Waals surface area contributed by atoms with Crippen LogP contribution in [0.4, 0.5) is 18.9 Å². The Labute approximate surface area is 149 Å². The number of ether oxygens (including phenoxy) is 1. The standard InChI is InChI=1S/C15H19F3N2O2S.ClH/c1-22-14(21)5-6-19-7-9-20(10-8-19)12-3-2-4-13(11-12)23-15(16,17)18;/h2-4,11H,5-10H2,1H3;1H. The molecule has 0 aromatic heterocycles. The number of halogens is 4. The van der Waals surface area contributed by atoms with Crippen LogP contribution in [0.1, 0.15) is 6.42 Å². The third kappa shape index (κ3) is 6.78. The number of methoxy groups -OCH3 is 1. The molecule has 1 aromatic rings. The minimum absolute atomic E-state index is 0. The van der Waals surface area contributed by atoms with Crippen LogP contribution in [0.2, 0.25) is 0 Å². The van der Waals surface area contributed by atoms with Gasteiger partial charge < -0.3 is 9.64 Å². The molecule has 0 radical (unpaired) electrons. The fraction of sp³-hybridized carbons (Fsp3) is 0.533. The Morgan fingerprint density at radius 2 is 1.92 bits per heavy atom. The molecular formula is C15H20ClF3N2O2S. The highest BCUT2D eigenvalue weighted by atomic mass is 35.5. The van der Waals surface area contributed by atoms with Gasteiger partial charge in [0, 0.05) is 43.3 Å². The first-order valence-corrected chi connectivity index (χ1v) is 8.09. The second-order valence-corrected chi connectivity index (χ2v) is 6.34. The van der Waals surface area contributed by atoms with Gasteiger partial charge in [0.05, 0.1) is 13.5 Å². The minimum atomic E-state index is -4.27. The Morgan fingerprint density at radius 1 is 1.25 bits per heavy atom. The summed E-state index contributed by atoms with van der Waals surface area (Å²) in [5.74, 6) is -0.232. The van der Waals surface area contributed by atoms with E-state index in [0.29, 0.717) is 13.0 Å². The van der Waals surface area contributed by atoms with Gasteiger partial charge in [-0.3, -0.25) is 9.69 Å². The number of esters is 1. The summed E-state index contributed by atoms with van der Waals surface area (Å²) in [6, 6.07) is 6.51. The van der Waals surface area contributed by atoms with Gasteiger partial charge in [-0.2, -0.15) is 13.2 Å². The van der Waals surface area contributed by atoms with E-state index in [1.165, 1.54) is 13.2 Å². The maximum atomic E-state index is 12.5. The fourth-order valence-electron chi connectivity index (χ4n) is 2.46. The Hall–Kier alpha value is -1.12. The molecule has 0 spiro atoms. The zero-order valence-electron chi connectivity index (χ0n) is 13.2. The van der Waals surface area contributed by atoms with E-state index in [9.17, 15) is 18.0 Å². The molecule has 0 saturated carbocycles. The van der Waals surface area contributed by atoms with E-state index in [1.807, 2.05) is 6.07 Å². The number of nitrogens with zero attached hydrogens (tertiary/aromatic N) is 2. The predicted molar refractivity (Wildman–Crippen MR) is 90.9 cm³/mol. The van der Waals surface area contributed by atoms with Crippen molar-refractivity contribution in [2.24, 2.45) is 0 Å². The van der Waals surface area contributed by atoms with Crippen LogP contribution in [0.3, 0.4) is 0 Å². The summed E-state index contributed by atoms with van der Waals surface area (Å²) in [5, 5.41) is 0. The molecule has 1 heterocycles. The van der Waals surface area contributed by atoms with Crippen LogP contribution < -0.4 is 4.90 Å². The Bertz CT molecular complexity index is 538. The minimum Gasteiger partial charge on any atom is -0.469 e. The molecule has 0 N–H and O–H groups in total. The molecule has 9 heteroatoms. The zero-order chi connectivity index (χ0) is 16.9. The number of thioether (sulfide) groups is 1. The van der Waals surface area contributed by atoms with Crippen LogP contribution in [0.25, 0.3) is 0 Å². The van der Waals surface area contributed by atoms with Gasteiger partial charge in [0.15, 0.2) is 0 Å². The largest absolute Gasteiger partial charge is 0.469 e. The molecule has 0 amide bonds. The number of anilines is 1. The number of piperazine rings is 1. The molecule has 2 rings (SSSR count). The van der Waals surface area contributed by atoms with E-state index < -0.39 is 5.51 Å². The number of carbonyl (C=O) groups excluding carboxylic acids is 1. The van der Waals surface area contributed by atoms with Gasteiger partial charge in [0.2, 0.25) is 0 Å². The first-order chi connectivity index (χ1) is 10.9. The molecule has 1 aliphatic heterocycles. The number of carbonyl (C=O) groups is 1. The summed E-state index contributed by atoms with van der Waals surface area (Å²) < 4.78 is 42.0. The Morgan fingerprint density at radius 3 is 2.50 bits per heavy atom. The monoisotopic (exact) mass is 384 g/mol. The van der Waals surface area contributed by atoms with Crippen molar-refractivity contribution in [1.82, 2.24) is 4.90 Å². The van der Waals surface area contributed by atoms with Crippen molar-refractivity contribution >= 4 is 35.8 Å². The molecule has 0 bridgehead atoms. The smallest absolute Gasteiger partial charge is 0.446 e. The summed E-state index contributed by atoms with van der Waals surface area (Å²) >= 11 is -0.0952. The van der Waals surface area contributed by atoms with Crippen molar-refractivity contribution in [2.75, 3.05) is 44.7 Å². The van der Waals surface area contributed by atoms with Gasteiger partial charge in [0.1, 0.15) is 0 Å². The second kappa shape index (κ2) is 9.39. The summed E-state index contributed by atoms with van der Waals surface area (Å²) in [7, 11) is 1.37. The van der Waals surface area contributed by atoms with Gasteiger partial charge in [0.25, 0.3) is 0 Å². The predicted octanol–water partition coefficient (Wildman–Crippen LogP) is 3.41. The molecule has 1 aliphatic rings. The summed E-state index contributed by atoms with van der Waals surface area (Å²) in [5.41, 5.74) is -3.47. The van der Waals surface area contributed by atoms with Crippen LogP contribution in [-0.4, -0.2) is 56.2 Å². The summed E-state index contributed by atoms with van der Waals surface area (Å²) in [6.45, 7) is 3.63. The Kier molecular flexibility index (Phi) is 8.18. The van der Waals surface area contributed by atoms with Crippen molar-refractivity contribution in [1.29, 1.82) is 0 Å². The number of rotatable bonds is 5. The average Bonchev–Trinajstić information content (AvgIpc) is 2.51. The lowest BCUT2D eigenvalue weighted by atomic mass is 10.2. The first-order valence-electron chi connectivity index (χ1n) is 7.27. The molecule has 1 aromatic carbocycles. The number of hydrogen-bond donors (Lipinski definition) is 0. The molecule has 136 valence electrons. The molecule has 0 unspecified atom stereocenters. The highest BCUT2D eigenvalue weighted by Gasteiger charge is 2.29. The van der Waals surface area contributed by atoms with E-state index in [0.717, 1.165) is 31.9 Å². The summed E-state index contributed by atoms with van der Waals surface area (Å²) in [6.07, 6.45) is 0.355. The van der Waals surface area contributed by atoms with Crippen molar-refractivity contribution in [3.8, 4) is 0 Å². The lowest BCUT2D eigenvalue weighted by Crippen LogP contribution is -2.47. The highest BCUT2D eigenvalue weighted by molar-refractivity contribution is 8.00. The van der Waals surface area contributed by atoms with Crippen molar-refractivity contribution in [2.45, 2.75) is 16.8 Å². The van der Waals surface area contributed by atoms with Crippen LogP contribution >= 0.6 is 24.2 Å². The van der Waals surface area contributed by atoms with Gasteiger partial charge in [-0.1, -0.05) is 6.07 Å². The van der Waals surface area contributed by atoms with Crippen molar-refractivity contribution < 1.29 is 22.7 Å². The second-order valence-electron chi connectivity index (χ2n) is 5.20. The number of hydrogen-bond acceptors (Lipinski definition) is 5. The molecular weight excluding hydrogens is 365 g/mol. The maximum absolute atomic E-state index is 12.5. The fourth-order valence-corrected chi connectivity index (χ4v) is 3.05. The first kappa shape index (κ1) is 20.9. The quantitative estimate of drug-likeness (QED) is 0.574. The van der Waals surface area contributed by atoms with Gasteiger partial charge >= 0.3 is 11.5 Å².